The Morgan fingerprint density at radius 3 is 2.32 bits per heavy atom. The second-order valence-electron chi connectivity index (χ2n) is 6.08. The van der Waals surface area contributed by atoms with Crippen LogP contribution in [0.3, 0.4) is 0 Å². The minimum Gasteiger partial charge on any atom is -0.398 e. The summed E-state index contributed by atoms with van der Waals surface area (Å²) in [5, 5.41) is 0. The molecule has 0 aliphatic carbocycles. The van der Waals surface area contributed by atoms with Crippen LogP contribution in [0.1, 0.15) is 32.8 Å². The topological polar surface area (TPSA) is 63.4 Å². The first-order chi connectivity index (χ1) is 8.62. The van der Waals surface area contributed by atoms with Gasteiger partial charge in [-0.1, -0.05) is 39.0 Å². The van der Waals surface area contributed by atoms with Gasteiger partial charge in [-0.15, -0.1) is 0 Å². The number of hydrogen-bond acceptors (Lipinski definition) is 3. The molecule has 0 radical (unpaired) electrons. The molecule has 1 rings (SSSR count). The van der Waals surface area contributed by atoms with E-state index < -0.39 is 10.0 Å². The van der Waals surface area contributed by atoms with E-state index in [0.29, 0.717) is 18.7 Å². The lowest BCUT2D eigenvalue weighted by molar-refractivity contribution is 0.388. The molecular weight excluding hydrogens is 260 g/mol. The lowest BCUT2D eigenvalue weighted by Crippen LogP contribution is -2.30. The number of nitrogen functional groups attached to an aromatic ring is 1. The van der Waals surface area contributed by atoms with Gasteiger partial charge in [-0.25, -0.2) is 12.7 Å². The molecule has 0 aliphatic heterocycles. The molecule has 0 saturated heterocycles. The van der Waals surface area contributed by atoms with Crippen LogP contribution in [-0.4, -0.2) is 25.5 Å². The van der Waals surface area contributed by atoms with Crippen molar-refractivity contribution in [3.63, 3.8) is 0 Å². The van der Waals surface area contributed by atoms with Crippen molar-refractivity contribution >= 4 is 15.7 Å². The molecule has 0 bridgehead atoms. The first-order valence-electron chi connectivity index (χ1n) is 6.39. The normalized spacial score (nSPS) is 12.9. The van der Waals surface area contributed by atoms with E-state index in [0.717, 1.165) is 5.56 Å². The first-order valence-corrected chi connectivity index (χ1v) is 8.00. The zero-order valence-corrected chi connectivity index (χ0v) is 13.0. The number of sulfonamides is 1. The van der Waals surface area contributed by atoms with Gasteiger partial charge in [0, 0.05) is 19.3 Å². The lowest BCUT2D eigenvalue weighted by atomic mass is 9.94. The van der Waals surface area contributed by atoms with Gasteiger partial charge in [-0.2, -0.15) is 0 Å². The van der Waals surface area contributed by atoms with Crippen molar-refractivity contribution in [3.05, 3.63) is 29.8 Å². The number of para-hydroxylation sites is 1. The molecule has 1 aromatic rings. The molecule has 0 spiro atoms. The average molecular weight is 284 g/mol. The molecule has 1 aromatic carbocycles. The zero-order valence-electron chi connectivity index (χ0n) is 12.2. The van der Waals surface area contributed by atoms with Gasteiger partial charge in [-0.3, -0.25) is 0 Å². The number of nitrogens with zero attached hydrogens (tertiary/aromatic N) is 1. The Balaban J connectivity index is 2.72. The Labute approximate surface area is 116 Å². The van der Waals surface area contributed by atoms with Gasteiger partial charge in [0.1, 0.15) is 0 Å². The molecule has 5 heteroatoms. The van der Waals surface area contributed by atoms with Crippen LogP contribution in [0.5, 0.6) is 0 Å². The lowest BCUT2D eigenvalue weighted by Gasteiger charge is -2.22. The molecule has 0 atom stereocenters. The molecule has 0 aromatic heterocycles. The Hall–Kier alpha value is -1.07. The summed E-state index contributed by atoms with van der Waals surface area (Å²) in [4.78, 5) is 0. The van der Waals surface area contributed by atoms with Gasteiger partial charge >= 0.3 is 0 Å². The van der Waals surface area contributed by atoms with E-state index in [4.69, 9.17) is 5.73 Å². The summed E-state index contributed by atoms with van der Waals surface area (Å²) in [5.74, 6) is 0.166. The van der Waals surface area contributed by atoms with Crippen LogP contribution < -0.4 is 5.73 Å². The van der Waals surface area contributed by atoms with E-state index in [1.54, 1.807) is 13.1 Å². The number of hydrogen-bond donors (Lipinski definition) is 1. The van der Waals surface area contributed by atoms with Gasteiger partial charge in [0.05, 0.1) is 5.75 Å². The number of nitrogens with two attached hydrogens (primary N) is 1. The maximum Gasteiger partial charge on any atom is 0.214 e. The number of rotatable bonds is 5. The average Bonchev–Trinajstić information content (AvgIpc) is 2.29. The van der Waals surface area contributed by atoms with Gasteiger partial charge < -0.3 is 5.73 Å². The highest BCUT2D eigenvalue weighted by Gasteiger charge is 2.22. The van der Waals surface area contributed by atoms with Crippen molar-refractivity contribution < 1.29 is 8.42 Å². The second-order valence-corrected chi connectivity index (χ2v) is 8.28. The van der Waals surface area contributed by atoms with Crippen LogP contribution in [0.2, 0.25) is 0 Å². The third kappa shape index (κ3) is 5.20. The van der Waals surface area contributed by atoms with E-state index >= 15 is 0 Å². The van der Waals surface area contributed by atoms with Crippen molar-refractivity contribution in [2.75, 3.05) is 18.5 Å². The summed E-state index contributed by atoms with van der Waals surface area (Å²) in [6.45, 7) is 6.44. The van der Waals surface area contributed by atoms with Gasteiger partial charge in [0.15, 0.2) is 0 Å². The zero-order chi connectivity index (χ0) is 14.7. The van der Waals surface area contributed by atoms with Crippen molar-refractivity contribution in [1.82, 2.24) is 4.31 Å². The molecule has 0 heterocycles. The fourth-order valence-corrected chi connectivity index (χ4v) is 3.13. The molecule has 19 heavy (non-hydrogen) atoms. The summed E-state index contributed by atoms with van der Waals surface area (Å²) < 4.78 is 25.7. The molecule has 0 saturated carbocycles. The van der Waals surface area contributed by atoms with E-state index in [1.165, 1.54) is 4.31 Å². The van der Waals surface area contributed by atoms with Crippen LogP contribution in [-0.2, 0) is 16.6 Å². The Bertz CT molecular complexity index is 518. The summed E-state index contributed by atoms with van der Waals surface area (Å²) in [6.07, 6.45) is 0.643. The Morgan fingerprint density at radius 1 is 1.21 bits per heavy atom. The predicted molar refractivity (Wildman–Crippen MR) is 80.2 cm³/mol. The van der Waals surface area contributed by atoms with Crippen molar-refractivity contribution in [2.24, 2.45) is 5.41 Å². The van der Waals surface area contributed by atoms with Crippen molar-refractivity contribution in [3.8, 4) is 0 Å². The fourth-order valence-electron chi connectivity index (χ4n) is 1.61. The van der Waals surface area contributed by atoms with Crippen molar-refractivity contribution in [1.29, 1.82) is 0 Å². The third-order valence-corrected chi connectivity index (χ3v) is 4.83. The minimum atomic E-state index is -3.23. The third-order valence-electron chi connectivity index (χ3n) is 3.03. The highest BCUT2D eigenvalue weighted by molar-refractivity contribution is 7.89. The maximum atomic E-state index is 12.2. The summed E-state index contributed by atoms with van der Waals surface area (Å²) in [6, 6.07) is 7.34. The largest absolute Gasteiger partial charge is 0.398 e. The van der Waals surface area contributed by atoms with Crippen LogP contribution >= 0.6 is 0 Å². The highest BCUT2D eigenvalue weighted by Crippen LogP contribution is 2.21. The fraction of sp³-hybridized carbons (Fsp3) is 0.571. The second kappa shape index (κ2) is 5.92. The first kappa shape index (κ1) is 16.0. The molecule has 0 fully saturated rings. The molecule has 0 amide bonds. The standard InChI is InChI=1S/C14H24N2O2S/c1-14(2,3)9-10-19(17,18)16(4)11-12-7-5-6-8-13(12)15/h5-8H,9-11,15H2,1-4H3. The smallest absolute Gasteiger partial charge is 0.214 e. The number of benzene rings is 1. The van der Waals surface area contributed by atoms with Gasteiger partial charge in [0.25, 0.3) is 0 Å². The SMILES string of the molecule is CN(Cc1ccccc1N)S(=O)(=O)CCC(C)(C)C. The summed E-state index contributed by atoms with van der Waals surface area (Å²) >= 11 is 0. The molecule has 108 valence electrons. The van der Waals surface area contributed by atoms with Crippen LogP contribution in [0, 0.1) is 5.41 Å². The molecule has 4 nitrogen and oxygen atoms in total. The van der Waals surface area contributed by atoms with Crippen LogP contribution in [0.4, 0.5) is 5.69 Å². The molecular formula is C14H24N2O2S. The predicted octanol–water partition coefficient (Wildman–Crippen LogP) is 2.47. The van der Waals surface area contributed by atoms with Gasteiger partial charge in [-0.05, 0) is 23.5 Å². The monoisotopic (exact) mass is 284 g/mol. The maximum absolute atomic E-state index is 12.2. The minimum absolute atomic E-state index is 0.0136. The van der Waals surface area contributed by atoms with E-state index in [1.807, 2.05) is 39.0 Å². The van der Waals surface area contributed by atoms with E-state index in [2.05, 4.69) is 0 Å². The van der Waals surface area contributed by atoms with E-state index in [9.17, 15) is 8.42 Å². The van der Waals surface area contributed by atoms with E-state index in [-0.39, 0.29) is 11.2 Å². The van der Waals surface area contributed by atoms with Gasteiger partial charge in [0.2, 0.25) is 10.0 Å². The van der Waals surface area contributed by atoms with Crippen molar-refractivity contribution in [2.45, 2.75) is 33.7 Å². The number of anilines is 1. The quantitative estimate of drug-likeness (QED) is 0.845. The highest BCUT2D eigenvalue weighted by atomic mass is 32.2. The Kier molecular flexibility index (Phi) is 4.98. The molecule has 0 aliphatic rings. The summed E-state index contributed by atoms with van der Waals surface area (Å²) in [5.41, 5.74) is 7.31. The van der Waals surface area contributed by atoms with Crippen LogP contribution in [0.15, 0.2) is 24.3 Å². The van der Waals surface area contributed by atoms with Crippen LogP contribution in [0.25, 0.3) is 0 Å². The Morgan fingerprint density at radius 2 is 1.79 bits per heavy atom. The molecule has 2 N–H and O–H groups in total. The molecule has 0 unspecified atom stereocenters. The summed E-state index contributed by atoms with van der Waals surface area (Å²) in [7, 11) is -1.63.